The molecule has 0 spiro atoms. The van der Waals surface area contributed by atoms with Gasteiger partial charge in [-0.05, 0) is 55.2 Å². The molecule has 0 bridgehead atoms. The Labute approximate surface area is 220 Å². The normalized spacial score (nSPS) is 12.0. The van der Waals surface area contributed by atoms with E-state index in [9.17, 15) is 18.0 Å². The molecule has 0 radical (unpaired) electrons. The van der Waals surface area contributed by atoms with E-state index in [1.807, 2.05) is 57.2 Å². The predicted octanol–water partition coefficient (Wildman–Crippen LogP) is 4.52. The number of carbonyl (C=O) groups is 2. The van der Waals surface area contributed by atoms with E-state index in [0.29, 0.717) is 18.7 Å². The molecule has 3 aromatic rings. The molecular weight excluding hydrogens is 486 g/mol. The molecule has 0 heterocycles. The number of anilines is 1. The molecule has 196 valence electrons. The maximum absolute atomic E-state index is 13.9. The van der Waals surface area contributed by atoms with Crippen molar-refractivity contribution in [2.45, 2.75) is 51.1 Å². The van der Waals surface area contributed by atoms with Gasteiger partial charge < -0.3 is 10.2 Å². The number of sulfonamides is 1. The summed E-state index contributed by atoms with van der Waals surface area (Å²) in [6.07, 6.45) is 1.16. The largest absolute Gasteiger partial charge is 0.354 e. The first-order valence-electron chi connectivity index (χ1n) is 12.5. The van der Waals surface area contributed by atoms with Gasteiger partial charge in [-0.15, -0.1) is 0 Å². The highest BCUT2D eigenvalue weighted by atomic mass is 32.2. The summed E-state index contributed by atoms with van der Waals surface area (Å²) in [5, 5.41) is 2.89. The Balaban J connectivity index is 2.03. The minimum absolute atomic E-state index is 0.0895. The second-order valence-corrected chi connectivity index (χ2v) is 10.7. The third-order valence-electron chi connectivity index (χ3n) is 6.03. The van der Waals surface area contributed by atoms with Gasteiger partial charge >= 0.3 is 0 Å². The minimum Gasteiger partial charge on any atom is -0.354 e. The number of carbonyl (C=O) groups excluding carboxylic acids is 2. The zero-order chi connectivity index (χ0) is 26.8. The van der Waals surface area contributed by atoms with Crippen molar-refractivity contribution in [2.24, 2.45) is 0 Å². The molecule has 0 aliphatic carbocycles. The lowest BCUT2D eigenvalue weighted by Gasteiger charge is -2.33. The molecule has 0 unspecified atom stereocenters. The summed E-state index contributed by atoms with van der Waals surface area (Å²) < 4.78 is 28.6. The maximum atomic E-state index is 13.9. The molecule has 1 atom stereocenters. The van der Waals surface area contributed by atoms with Crippen LogP contribution in [-0.2, 0) is 26.2 Å². The number of hydrogen-bond donors (Lipinski definition) is 1. The molecule has 0 aliphatic heterocycles. The first-order chi connectivity index (χ1) is 17.8. The van der Waals surface area contributed by atoms with Crippen LogP contribution >= 0.6 is 0 Å². The van der Waals surface area contributed by atoms with Gasteiger partial charge in [0.15, 0.2) is 0 Å². The van der Waals surface area contributed by atoms with Gasteiger partial charge in [0.2, 0.25) is 11.8 Å². The summed E-state index contributed by atoms with van der Waals surface area (Å²) in [6, 6.07) is 23.8. The third-order valence-corrected chi connectivity index (χ3v) is 7.82. The average molecular weight is 522 g/mol. The average Bonchev–Trinajstić information content (AvgIpc) is 2.91. The molecule has 0 aromatic heterocycles. The Kier molecular flexibility index (Phi) is 9.85. The summed E-state index contributed by atoms with van der Waals surface area (Å²) in [4.78, 5) is 28.5. The topological polar surface area (TPSA) is 86.8 Å². The first-order valence-corrected chi connectivity index (χ1v) is 14.0. The zero-order valence-electron chi connectivity index (χ0n) is 21.6. The van der Waals surface area contributed by atoms with Crippen LogP contribution in [0.4, 0.5) is 5.69 Å². The summed E-state index contributed by atoms with van der Waals surface area (Å²) in [7, 11) is -4.05. The van der Waals surface area contributed by atoms with Gasteiger partial charge in [-0.3, -0.25) is 13.9 Å². The van der Waals surface area contributed by atoms with Crippen molar-refractivity contribution in [3.8, 4) is 0 Å². The fourth-order valence-corrected chi connectivity index (χ4v) is 5.52. The van der Waals surface area contributed by atoms with E-state index in [-0.39, 0.29) is 17.3 Å². The van der Waals surface area contributed by atoms with E-state index in [1.165, 1.54) is 17.0 Å². The van der Waals surface area contributed by atoms with Crippen LogP contribution in [0, 0.1) is 6.92 Å². The zero-order valence-corrected chi connectivity index (χ0v) is 22.4. The number of benzene rings is 3. The van der Waals surface area contributed by atoms with Crippen molar-refractivity contribution < 1.29 is 18.0 Å². The Bertz CT molecular complexity index is 1280. The molecule has 0 aliphatic rings. The highest BCUT2D eigenvalue weighted by Crippen LogP contribution is 2.25. The SMILES string of the molecule is CCCNC(=O)[C@H](CC)N(Cc1ccccc1)C(=O)CN(c1cccc(C)c1)S(=O)(=O)c1ccccc1. The fraction of sp³-hybridized carbons (Fsp3) is 0.310. The lowest BCUT2D eigenvalue weighted by atomic mass is 10.1. The Morgan fingerprint density at radius 2 is 1.54 bits per heavy atom. The van der Waals surface area contributed by atoms with Crippen LogP contribution in [0.2, 0.25) is 0 Å². The highest BCUT2D eigenvalue weighted by Gasteiger charge is 2.33. The van der Waals surface area contributed by atoms with Crippen LogP contribution < -0.4 is 9.62 Å². The molecular formula is C29H35N3O4S. The summed E-state index contributed by atoms with van der Waals surface area (Å²) in [5.74, 6) is -0.704. The lowest BCUT2D eigenvalue weighted by molar-refractivity contribution is -0.140. The van der Waals surface area contributed by atoms with Crippen LogP contribution in [0.5, 0.6) is 0 Å². The van der Waals surface area contributed by atoms with Crippen molar-refractivity contribution in [1.82, 2.24) is 10.2 Å². The molecule has 37 heavy (non-hydrogen) atoms. The van der Waals surface area contributed by atoms with E-state index < -0.39 is 28.5 Å². The number of nitrogens with one attached hydrogen (secondary N) is 1. The molecule has 3 rings (SSSR count). The van der Waals surface area contributed by atoms with Crippen molar-refractivity contribution in [3.63, 3.8) is 0 Å². The highest BCUT2D eigenvalue weighted by molar-refractivity contribution is 7.92. The molecule has 0 fully saturated rings. The number of hydrogen-bond acceptors (Lipinski definition) is 4. The van der Waals surface area contributed by atoms with Crippen LogP contribution in [0.1, 0.15) is 37.8 Å². The second kappa shape index (κ2) is 13.1. The molecule has 2 amide bonds. The quantitative estimate of drug-likeness (QED) is 0.380. The van der Waals surface area contributed by atoms with Crippen molar-refractivity contribution in [2.75, 3.05) is 17.4 Å². The molecule has 8 heteroatoms. The van der Waals surface area contributed by atoms with E-state index >= 15 is 0 Å². The number of aryl methyl sites for hydroxylation is 1. The van der Waals surface area contributed by atoms with Crippen LogP contribution in [0.3, 0.4) is 0 Å². The van der Waals surface area contributed by atoms with Gasteiger partial charge in [-0.25, -0.2) is 8.42 Å². The number of nitrogens with zero attached hydrogens (tertiary/aromatic N) is 2. The van der Waals surface area contributed by atoms with Crippen LogP contribution in [0.15, 0.2) is 89.8 Å². The monoisotopic (exact) mass is 521 g/mol. The van der Waals surface area contributed by atoms with Gasteiger partial charge in [-0.2, -0.15) is 0 Å². The van der Waals surface area contributed by atoms with Gasteiger partial charge in [0.05, 0.1) is 10.6 Å². The third kappa shape index (κ3) is 7.20. The van der Waals surface area contributed by atoms with Crippen molar-refractivity contribution in [1.29, 1.82) is 0 Å². The molecule has 3 aromatic carbocycles. The van der Waals surface area contributed by atoms with Gasteiger partial charge in [0, 0.05) is 13.1 Å². The van der Waals surface area contributed by atoms with Crippen molar-refractivity contribution in [3.05, 3.63) is 96.1 Å². The number of amides is 2. The number of rotatable bonds is 12. The lowest BCUT2D eigenvalue weighted by Crippen LogP contribution is -2.52. The molecule has 0 saturated heterocycles. The Hall–Kier alpha value is -3.65. The predicted molar refractivity (Wildman–Crippen MR) is 147 cm³/mol. The van der Waals surface area contributed by atoms with Crippen molar-refractivity contribution >= 4 is 27.5 Å². The summed E-state index contributed by atoms with van der Waals surface area (Å²) in [5.41, 5.74) is 2.11. The fourth-order valence-electron chi connectivity index (χ4n) is 4.10. The van der Waals surface area contributed by atoms with Gasteiger partial charge in [0.25, 0.3) is 10.0 Å². The van der Waals surface area contributed by atoms with Gasteiger partial charge in [0.1, 0.15) is 12.6 Å². The van der Waals surface area contributed by atoms with Gasteiger partial charge in [-0.1, -0.05) is 74.5 Å². The van der Waals surface area contributed by atoms with E-state index in [1.54, 1.807) is 36.4 Å². The molecule has 1 N–H and O–H groups in total. The smallest absolute Gasteiger partial charge is 0.264 e. The van der Waals surface area contributed by atoms with Crippen LogP contribution in [-0.4, -0.2) is 44.3 Å². The first kappa shape index (κ1) is 27.9. The maximum Gasteiger partial charge on any atom is 0.264 e. The van der Waals surface area contributed by atoms with E-state index in [0.717, 1.165) is 21.9 Å². The Morgan fingerprint density at radius 1 is 0.892 bits per heavy atom. The molecule has 0 saturated carbocycles. The van der Waals surface area contributed by atoms with E-state index in [4.69, 9.17) is 0 Å². The second-order valence-electron chi connectivity index (χ2n) is 8.89. The van der Waals surface area contributed by atoms with E-state index in [2.05, 4.69) is 5.32 Å². The summed E-state index contributed by atoms with van der Waals surface area (Å²) >= 11 is 0. The molecule has 7 nitrogen and oxygen atoms in total. The minimum atomic E-state index is -4.05. The standard InChI is InChI=1S/C29H35N3O4S/c1-4-19-30-29(34)27(5-2)31(21-24-14-8-6-9-15-24)28(33)22-32(25-16-12-13-23(3)20-25)37(35,36)26-17-10-7-11-18-26/h6-18,20,27H,4-5,19,21-22H2,1-3H3,(H,30,34)/t27-/m0/s1. The Morgan fingerprint density at radius 3 is 2.14 bits per heavy atom. The summed E-state index contributed by atoms with van der Waals surface area (Å²) in [6.45, 7) is 5.92. The van der Waals surface area contributed by atoms with Crippen LogP contribution in [0.25, 0.3) is 0 Å².